The van der Waals surface area contributed by atoms with Gasteiger partial charge in [0.25, 0.3) is 0 Å². The zero-order chi connectivity index (χ0) is 22.8. The molecule has 1 atom stereocenters. The first-order valence-electron chi connectivity index (χ1n) is 11.0. The van der Waals surface area contributed by atoms with Crippen molar-refractivity contribution in [2.45, 2.75) is 45.6 Å². The Kier molecular flexibility index (Phi) is 17.2. The van der Waals surface area contributed by atoms with Gasteiger partial charge in [0, 0.05) is 32.2 Å². The van der Waals surface area contributed by atoms with Gasteiger partial charge < -0.3 is 19.8 Å². The van der Waals surface area contributed by atoms with Gasteiger partial charge in [-0.25, -0.2) is 4.39 Å². The van der Waals surface area contributed by atoms with Gasteiger partial charge in [-0.3, -0.25) is 4.90 Å². The molecule has 30 heavy (non-hydrogen) atoms. The van der Waals surface area contributed by atoms with E-state index in [1.54, 1.807) is 18.2 Å². The number of piperazine rings is 1. The lowest BCUT2D eigenvalue weighted by Gasteiger charge is -2.38. The van der Waals surface area contributed by atoms with Crippen LogP contribution in [0.1, 0.15) is 39.5 Å². The number of rotatable bonds is 2. The maximum absolute atomic E-state index is 11.9. The van der Waals surface area contributed by atoms with E-state index in [4.69, 9.17) is 9.59 Å². The summed E-state index contributed by atoms with van der Waals surface area (Å²) in [5.74, 6) is 1.85. The average molecular weight is 424 g/mol. The van der Waals surface area contributed by atoms with Crippen LogP contribution < -0.4 is 5.32 Å². The maximum Gasteiger partial charge on any atom is 0.123 e. The van der Waals surface area contributed by atoms with Crippen molar-refractivity contribution in [1.82, 2.24) is 15.1 Å². The Morgan fingerprint density at radius 2 is 1.50 bits per heavy atom. The van der Waals surface area contributed by atoms with E-state index < -0.39 is 0 Å². The van der Waals surface area contributed by atoms with Gasteiger partial charge in [0.15, 0.2) is 0 Å². The summed E-state index contributed by atoms with van der Waals surface area (Å²) in [4.78, 5) is 21.1. The number of likely N-dealkylation sites (tertiary alicyclic amines) is 1. The van der Waals surface area contributed by atoms with Gasteiger partial charge in [0.2, 0.25) is 0 Å². The quantitative estimate of drug-likeness (QED) is 0.789. The number of nitrogens with zero attached hydrogens (tertiary/aromatic N) is 2. The first-order valence-corrected chi connectivity index (χ1v) is 11.0. The van der Waals surface area contributed by atoms with E-state index in [9.17, 15) is 4.39 Å². The molecule has 1 saturated carbocycles. The molecule has 0 spiro atoms. The highest BCUT2D eigenvalue weighted by Gasteiger charge is 2.23. The molecular formula is C24H42FN3O2. The van der Waals surface area contributed by atoms with Gasteiger partial charge in [-0.2, -0.15) is 0 Å². The fourth-order valence-electron chi connectivity index (χ4n) is 3.31. The van der Waals surface area contributed by atoms with E-state index in [0.717, 1.165) is 17.9 Å². The van der Waals surface area contributed by atoms with Crippen LogP contribution in [0.25, 0.3) is 0 Å². The van der Waals surface area contributed by atoms with Crippen LogP contribution in [0.5, 0.6) is 0 Å². The molecule has 1 aliphatic carbocycles. The normalized spacial score (nSPS) is 21.8. The smallest absolute Gasteiger partial charge is 0.123 e. The van der Waals surface area contributed by atoms with Gasteiger partial charge in [0.05, 0.1) is 0 Å². The summed E-state index contributed by atoms with van der Waals surface area (Å²) in [6.07, 6.45) is 5.76. The number of carbonyl (C=O) groups is 2. The summed E-state index contributed by atoms with van der Waals surface area (Å²) in [6.45, 7) is 16.1. The van der Waals surface area contributed by atoms with E-state index in [1.807, 2.05) is 13.6 Å². The molecule has 0 radical (unpaired) electrons. The first-order chi connectivity index (χ1) is 14.5. The van der Waals surface area contributed by atoms with Crippen LogP contribution in [0.4, 0.5) is 4.39 Å². The molecule has 0 bridgehead atoms. The molecule has 2 saturated heterocycles. The molecule has 2 heterocycles. The summed E-state index contributed by atoms with van der Waals surface area (Å²) in [6, 6.07) is 8.67. The van der Waals surface area contributed by atoms with Crippen molar-refractivity contribution in [2.75, 3.05) is 46.3 Å². The molecule has 3 fully saturated rings. The molecule has 1 aromatic rings. The number of halogens is 1. The monoisotopic (exact) mass is 423 g/mol. The third-order valence-corrected chi connectivity index (χ3v) is 5.57. The van der Waals surface area contributed by atoms with Gasteiger partial charge in [-0.1, -0.05) is 38.0 Å². The van der Waals surface area contributed by atoms with E-state index >= 15 is 0 Å². The Morgan fingerprint density at radius 3 is 1.90 bits per heavy atom. The molecule has 1 aromatic carbocycles. The Morgan fingerprint density at radius 1 is 0.967 bits per heavy atom. The Bertz CT molecular complexity index is 506. The van der Waals surface area contributed by atoms with Gasteiger partial charge in [-0.05, 0) is 63.9 Å². The lowest BCUT2D eigenvalue weighted by atomic mass is 9.95. The highest BCUT2D eigenvalue weighted by Crippen LogP contribution is 2.26. The predicted octanol–water partition coefficient (Wildman–Crippen LogP) is 3.49. The van der Waals surface area contributed by atoms with Crippen LogP contribution >= 0.6 is 0 Å². The summed E-state index contributed by atoms with van der Waals surface area (Å²) in [7, 11) is 2.24. The Balaban J connectivity index is 0.000000463. The van der Waals surface area contributed by atoms with E-state index in [1.165, 1.54) is 77.1 Å². The largest absolute Gasteiger partial charge is 0.314 e. The van der Waals surface area contributed by atoms with Gasteiger partial charge >= 0.3 is 0 Å². The lowest BCUT2D eigenvalue weighted by Crippen LogP contribution is -2.51. The molecule has 0 aromatic heterocycles. The van der Waals surface area contributed by atoms with Crippen LogP contribution in [0.2, 0.25) is 0 Å². The third kappa shape index (κ3) is 14.4. The van der Waals surface area contributed by atoms with Crippen molar-refractivity contribution in [1.29, 1.82) is 0 Å². The fourth-order valence-corrected chi connectivity index (χ4v) is 3.31. The molecule has 2 aliphatic heterocycles. The zero-order valence-corrected chi connectivity index (χ0v) is 19.2. The number of benzene rings is 1. The molecule has 1 N–H and O–H groups in total. The van der Waals surface area contributed by atoms with Crippen LogP contribution in [0.15, 0.2) is 30.3 Å². The minimum Gasteiger partial charge on any atom is -0.314 e. The van der Waals surface area contributed by atoms with E-state index in [0.29, 0.717) is 0 Å². The van der Waals surface area contributed by atoms with Crippen LogP contribution in [0, 0.1) is 17.7 Å². The number of hydrogen-bond acceptors (Lipinski definition) is 5. The van der Waals surface area contributed by atoms with Crippen LogP contribution in [0.3, 0.4) is 0 Å². The molecular weight excluding hydrogens is 381 g/mol. The Labute approximate surface area is 183 Å². The van der Waals surface area contributed by atoms with Crippen molar-refractivity contribution in [3.63, 3.8) is 0 Å². The number of nitrogens with one attached hydrogen (secondary N) is 1. The molecule has 0 amide bonds. The molecule has 4 rings (SSSR count). The van der Waals surface area contributed by atoms with Crippen molar-refractivity contribution in [3.8, 4) is 0 Å². The minimum absolute atomic E-state index is 0.178. The molecule has 5 nitrogen and oxygen atoms in total. The second kappa shape index (κ2) is 18.2. The van der Waals surface area contributed by atoms with E-state index in [-0.39, 0.29) is 5.82 Å². The standard InChI is InChI=1S/C12H25N3.C6H5F.C4H8.2CH2O/c1-11-9-13-5-8-15(11)10-12-3-6-14(2)7-4-12;7-6-4-2-1-3-5-6;1-4-2-3-4;2*1-2/h11-13H,3-10H2,1-2H3;1-5H;4H,2-3H2,1H3;2*1H2/t11-;;;;/m0..../s1. The van der Waals surface area contributed by atoms with Crippen LogP contribution in [-0.4, -0.2) is 75.7 Å². The van der Waals surface area contributed by atoms with Crippen LogP contribution in [-0.2, 0) is 9.59 Å². The molecule has 0 unspecified atom stereocenters. The second-order valence-corrected chi connectivity index (χ2v) is 8.27. The SMILES string of the molecule is C=O.C=O.CC1CC1.C[C@H]1CNCCN1CC1CCN(C)CC1.Fc1ccccc1. The molecule has 3 aliphatic rings. The van der Waals surface area contributed by atoms with Gasteiger partial charge in [-0.15, -0.1) is 0 Å². The van der Waals surface area contributed by atoms with E-state index in [2.05, 4.69) is 36.0 Å². The van der Waals surface area contributed by atoms with Crippen molar-refractivity contribution in [3.05, 3.63) is 36.1 Å². The van der Waals surface area contributed by atoms with Crippen molar-refractivity contribution in [2.24, 2.45) is 11.8 Å². The number of piperidine rings is 1. The third-order valence-electron chi connectivity index (χ3n) is 5.57. The summed E-state index contributed by atoms with van der Waals surface area (Å²) in [5.41, 5.74) is 0. The predicted molar refractivity (Wildman–Crippen MR) is 123 cm³/mol. The summed E-state index contributed by atoms with van der Waals surface area (Å²) < 4.78 is 11.9. The molecule has 6 heteroatoms. The van der Waals surface area contributed by atoms with Crippen molar-refractivity contribution >= 4 is 13.6 Å². The van der Waals surface area contributed by atoms with Gasteiger partial charge in [0.1, 0.15) is 19.4 Å². The topological polar surface area (TPSA) is 52.7 Å². The average Bonchev–Trinajstić information content (AvgIpc) is 3.58. The summed E-state index contributed by atoms with van der Waals surface area (Å²) >= 11 is 0. The highest BCUT2D eigenvalue weighted by atomic mass is 19.1. The number of carbonyl (C=O) groups excluding carboxylic acids is 2. The molecule has 172 valence electrons. The number of hydrogen-bond donors (Lipinski definition) is 1. The zero-order valence-electron chi connectivity index (χ0n) is 19.2. The Hall–Kier alpha value is -1.63. The lowest BCUT2D eigenvalue weighted by molar-refractivity contribution is -0.0987. The maximum atomic E-state index is 11.9. The first kappa shape index (κ1) is 28.4. The summed E-state index contributed by atoms with van der Waals surface area (Å²) in [5, 5.41) is 3.46. The fraction of sp³-hybridized carbons (Fsp3) is 0.667. The van der Waals surface area contributed by atoms with Crippen molar-refractivity contribution < 1.29 is 14.0 Å². The second-order valence-electron chi connectivity index (χ2n) is 8.27. The highest BCUT2D eigenvalue weighted by molar-refractivity contribution is 5.11. The minimum atomic E-state index is -0.178.